The fourth-order valence-corrected chi connectivity index (χ4v) is 1.20. The van der Waals surface area contributed by atoms with E-state index < -0.39 is 0 Å². The molecule has 0 aliphatic heterocycles. The summed E-state index contributed by atoms with van der Waals surface area (Å²) in [6.07, 6.45) is 0. The molecule has 0 saturated heterocycles. The smallest absolute Gasteiger partial charge is 0.326 e. The molecule has 0 fully saturated rings. The van der Waals surface area contributed by atoms with E-state index in [1.807, 2.05) is 32.0 Å². The molecule has 4 heteroatoms. The maximum absolute atomic E-state index is 11.0. The molecule has 82 valence electrons. The quantitative estimate of drug-likeness (QED) is 0.460. The number of ether oxygens (including phenoxy) is 1. The zero-order valence-corrected chi connectivity index (χ0v) is 9.28. The predicted molar refractivity (Wildman–Crippen MR) is 59.5 cm³/mol. The third kappa shape index (κ3) is 2.95. The monoisotopic (exact) mass is 208 g/mol. The molecular formula is C11H16N2O2. The number of hydrazine groups is 1. The standard InChI is InChI=1S/C11H16N2O2/c1-8-4-5-10(6-9(8)2)13(12)7-11(14)15-3/h4-6H,7,12H2,1-3H3. The Morgan fingerprint density at radius 2 is 2.07 bits per heavy atom. The third-order valence-corrected chi connectivity index (χ3v) is 2.35. The molecule has 1 aromatic rings. The molecule has 0 radical (unpaired) electrons. The van der Waals surface area contributed by atoms with Gasteiger partial charge in [0.05, 0.1) is 12.8 Å². The van der Waals surface area contributed by atoms with Crippen LogP contribution in [0, 0.1) is 13.8 Å². The molecule has 0 atom stereocenters. The number of carbonyl (C=O) groups is 1. The molecule has 0 bridgehead atoms. The van der Waals surface area contributed by atoms with Crippen LogP contribution in [-0.4, -0.2) is 19.6 Å². The highest BCUT2D eigenvalue weighted by Crippen LogP contribution is 2.16. The lowest BCUT2D eigenvalue weighted by Crippen LogP contribution is -2.36. The molecule has 0 saturated carbocycles. The van der Waals surface area contributed by atoms with Gasteiger partial charge in [-0.2, -0.15) is 0 Å². The fourth-order valence-electron chi connectivity index (χ4n) is 1.20. The van der Waals surface area contributed by atoms with Crippen molar-refractivity contribution < 1.29 is 9.53 Å². The number of aryl methyl sites for hydroxylation is 2. The van der Waals surface area contributed by atoms with Gasteiger partial charge < -0.3 is 4.74 Å². The van der Waals surface area contributed by atoms with Gasteiger partial charge in [-0.3, -0.25) is 9.80 Å². The summed E-state index contributed by atoms with van der Waals surface area (Å²) in [5.41, 5.74) is 3.15. The molecule has 1 rings (SSSR count). The Morgan fingerprint density at radius 3 is 2.60 bits per heavy atom. The minimum atomic E-state index is -0.351. The van der Waals surface area contributed by atoms with Crippen molar-refractivity contribution >= 4 is 11.7 Å². The molecule has 0 aliphatic carbocycles. The van der Waals surface area contributed by atoms with Crippen molar-refractivity contribution in [2.24, 2.45) is 5.84 Å². The molecule has 0 aliphatic rings. The van der Waals surface area contributed by atoms with Crippen molar-refractivity contribution in [1.82, 2.24) is 0 Å². The summed E-state index contributed by atoms with van der Waals surface area (Å²) in [5.74, 6) is 5.37. The molecule has 0 heterocycles. The van der Waals surface area contributed by atoms with Crippen LogP contribution in [0.5, 0.6) is 0 Å². The first kappa shape index (κ1) is 11.5. The summed E-state index contributed by atoms with van der Waals surface area (Å²) in [5, 5.41) is 1.37. The van der Waals surface area contributed by atoms with Crippen LogP contribution in [-0.2, 0) is 9.53 Å². The van der Waals surface area contributed by atoms with Crippen molar-refractivity contribution in [3.63, 3.8) is 0 Å². The van der Waals surface area contributed by atoms with Gasteiger partial charge >= 0.3 is 5.97 Å². The lowest BCUT2D eigenvalue weighted by molar-refractivity contribution is -0.138. The van der Waals surface area contributed by atoms with Crippen molar-refractivity contribution in [3.8, 4) is 0 Å². The minimum Gasteiger partial charge on any atom is -0.468 e. The van der Waals surface area contributed by atoms with Crippen molar-refractivity contribution in [2.75, 3.05) is 18.7 Å². The Bertz CT molecular complexity index is 364. The lowest BCUT2D eigenvalue weighted by atomic mass is 10.1. The van der Waals surface area contributed by atoms with E-state index in [-0.39, 0.29) is 12.5 Å². The highest BCUT2D eigenvalue weighted by Gasteiger charge is 2.08. The van der Waals surface area contributed by atoms with Gasteiger partial charge in [0.2, 0.25) is 0 Å². The van der Waals surface area contributed by atoms with Gasteiger partial charge in [-0.15, -0.1) is 0 Å². The average Bonchev–Trinajstić information content (AvgIpc) is 2.21. The van der Waals surface area contributed by atoms with Crippen LogP contribution in [0.3, 0.4) is 0 Å². The maximum atomic E-state index is 11.0. The highest BCUT2D eigenvalue weighted by molar-refractivity contribution is 5.75. The van der Waals surface area contributed by atoms with Gasteiger partial charge in [-0.1, -0.05) is 6.07 Å². The first-order valence-electron chi connectivity index (χ1n) is 4.71. The van der Waals surface area contributed by atoms with Gasteiger partial charge in [0.15, 0.2) is 0 Å². The zero-order chi connectivity index (χ0) is 11.4. The number of anilines is 1. The number of hydrogen-bond donors (Lipinski definition) is 1. The van der Waals surface area contributed by atoms with Crippen LogP contribution in [0.2, 0.25) is 0 Å². The SMILES string of the molecule is COC(=O)CN(N)c1ccc(C)c(C)c1. The molecule has 0 amide bonds. The lowest BCUT2D eigenvalue weighted by Gasteiger charge is -2.18. The van der Waals surface area contributed by atoms with E-state index in [1.165, 1.54) is 17.7 Å². The molecule has 0 spiro atoms. The largest absolute Gasteiger partial charge is 0.468 e. The Hall–Kier alpha value is -1.55. The Labute approximate surface area is 89.6 Å². The predicted octanol–water partition coefficient (Wildman–Crippen LogP) is 1.16. The van der Waals surface area contributed by atoms with Crippen molar-refractivity contribution in [2.45, 2.75) is 13.8 Å². The zero-order valence-electron chi connectivity index (χ0n) is 9.28. The second-order valence-electron chi connectivity index (χ2n) is 3.47. The van der Waals surface area contributed by atoms with E-state index in [1.54, 1.807) is 0 Å². The van der Waals surface area contributed by atoms with Gasteiger partial charge in [0, 0.05) is 0 Å². The summed E-state index contributed by atoms with van der Waals surface area (Å²) >= 11 is 0. The topological polar surface area (TPSA) is 55.6 Å². The van der Waals surface area contributed by atoms with Crippen LogP contribution < -0.4 is 10.9 Å². The van der Waals surface area contributed by atoms with Crippen molar-refractivity contribution in [1.29, 1.82) is 0 Å². The normalized spacial score (nSPS) is 9.87. The van der Waals surface area contributed by atoms with Crippen molar-refractivity contribution in [3.05, 3.63) is 29.3 Å². The average molecular weight is 208 g/mol. The number of methoxy groups -OCH3 is 1. The molecule has 1 aromatic carbocycles. The summed E-state index contributed by atoms with van der Waals surface area (Å²) < 4.78 is 4.54. The van der Waals surface area contributed by atoms with E-state index >= 15 is 0 Å². The number of benzene rings is 1. The number of esters is 1. The molecule has 15 heavy (non-hydrogen) atoms. The number of rotatable bonds is 3. The first-order chi connectivity index (χ1) is 7.04. The number of hydrogen-bond acceptors (Lipinski definition) is 4. The van der Waals surface area contributed by atoms with Crippen LogP contribution in [0.15, 0.2) is 18.2 Å². The first-order valence-corrected chi connectivity index (χ1v) is 4.71. The van der Waals surface area contributed by atoms with Crippen LogP contribution in [0.4, 0.5) is 5.69 Å². The van der Waals surface area contributed by atoms with Crippen LogP contribution in [0.25, 0.3) is 0 Å². The van der Waals surface area contributed by atoms with E-state index in [4.69, 9.17) is 5.84 Å². The number of nitrogens with two attached hydrogens (primary N) is 1. The van der Waals surface area contributed by atoms with E-state index in [2.05, 4.69) is 4.74 Å². The summed E-state index contributed by atoms with van der Waals surface area (Å²) in [6.45, 7) is 4.09. The number of nitrogens with zero attached hydrogens (tertiary/aromatic N) is 1. The van der Waals surface area contributed by atoms with E-state index in [9.17, 15) is 4.79 Å². The minimum absolute atomic E-state index is 0.0546. The van der Waals surface area contributed by atoms with E-state index in [0.717, 1.165) is 11.3 Å². The molecule has 0 unspecified atom stereocenters. The summed E-state index contributed by atoms with van der Waals surface area (Å²) in [4.78, 5) is 11.0. The third-order valence-electron chi connectivity index (χ3n) is 2.35. The van der Waals surface area contributed by atoms with Gasteiger partial charge in [0.1, 0.15) is 6.54 Å². The van der Waals surface area contributed by atoms with Gasteiger partial charge in [0.25, 0.3) is 0 Å². The Balaban J connectivity index is 2.78. The second kappa shape index (κ2) is 4.79. The fraction of sp³-hybridized carbons (Fsp3) is 0.364. The number of carbonyl (C=O) groups excluding carboxylic acids is 1. The van der Waals surface area contributed by atoms with Crippen LogP contribution >= 0.6 is 0 Å². The maximum Gasteiger partial charge on any atom is 0.326 e. The van der Waals surface area contributed by atoms with Gasteiger partial charge in [-0.05, 0) is 37.1 Å². The molecule has 4 nitrogen and oxygen atoms in total. The second-order valence-corrected chi connectivity index (χ2v) is 3.47. The van der Waals surface area contributed by atoms with Crippen LogP contribution in [0.1, 0.15) is 11.1 Å². The summed E-state index contributed by atoms with van der Waals surface area (Å²) in [6, 6.07) is 5.80. The Kier molecular flexibility index (Phi) is 3.68. The Morgan fingerprint density at radius 1 is 1.40 bits per heavy atom. The summed E-state index contributed by atoms with van der Waals surface area (Å²) in [7, 11) is 1.34. The molecular weight excluding hydrogens is 192 g/mol. The molecule has 0 aromatic heterocycles. The van der Waals surface area contributed by atoms with Gasteiger partial charge in [-0.25, -0.2) is 5.84 Å². The molecule has 2 N–H and O–H groups in total. The van der Waals surface area contributed by atoms with E-state index in [0.29, 0.717) is 0 Å². The highest BCUT2D eigenvalue weighted by atomic mass is 16.5.